The van der Waals surface area contributed by atoms with E-state index in [2.05, 4.69) is 19.1 Å². The zero-order valence-corrected chi connectivity index (χ0v) is 10.2. The van der Waals surface area contributed by atoms with Crippen LogP contribution in [0.3, 0.4) is 0 Å². The first-order valence-electron chi connectivity index (χ1n) is 6.00. The lowest BCUT2D eigenvalue weighted by Gasteiger charge is -2.09. The molecule has 1 aromatic carbocycles. The second kappa shape index (κ2) is 7.00. The molecule has 1 heteroatoms. The number of aldehydes is 1. The predicted octanol–water partition coefficient (Wildman–Crippen LogP) is 4.24. The van der Waals surface area contributed by atoms with Crippen molar-refractivity contribution >= 4 is 11.9 Å². The van der Waals surface area contributed by atoms with Gasteiger partial charge in [0.15, 0.2) is 0 Å². The van der Waals surface area contributed by atoms with Crippen molar-refractivity contribution in [2.45, 2.75) is 39.5 Å². The van der Waals surface area contributed by atoms with Crippen molar-refractivity contribution in [2.24, 2.45) is 0 Å². The minimum absolute atomic E-state index is 0.863. The molecule has 0 radical (unpaired) electrons. The number of carbonyl (C=O) groups excluding carboxylic acids is 1. The van der Waals surface area contributed by atoms with Crippen molar-refractivity contribution < 1.29 is 4.79 Å². The minimum atomic E-state index is 0.863. The topological polar surface area (TPSA) is 17.1 Å². The Labute approximate surface area is 98.2 Å². The Kier molecular flexibility index (Phi) is 5.55. The van der Waals surface area contributed by atoms with E-state index >= 15 is 0 Å². The van der Waals surface area contributed by atoms with Crippen LogP contribution in [0.15, 0.2) is 35.9 Å². The van der Waals surface area contributed by atoms with Crippen LogP contribution in [0.2, 0.25) is 0 Å². The number of hydrogen-bond donors (Lipinski definition) is 0. The highest BCUT2D eigenvalue weighted by Crippen LogP contribution is 2.23. The van der Waals surface area contributed by atoms with Gasteiger partial charge in [0.1, 0.15) is 6.29 Å². The average molecular weight is 216 g/mol. The molecular weight excluding hydrogens is 196 g/mol. The molecule has 0 amide bonds. The highest BCUT2D eigenvalue weighted by molar-refractivity contribution is 5.87. The average Bonchev–Trinajstić information content (AvgIpc) is 2.35. The normalized spacial score (nSPS) is 12.1. The summed E-state index contributed by atoms with van der Waals surface area (Å²) in [7, 11) is 0. The lowest BCUT2D eigenvalue weighted by Crippen LogP contribution is -1.91. The predicted molar refractivity (Wildman–Crippen MR) is 69.2 cm³/mol. The van der Waals surface area contributed by atoms with E-state index in [1.54, 1.807) is 0 Å². The van der Waals surface area contributed by atoms with Gasteiger partial charge in [0.25, 0.3) is 0 Å². The fraction of sp³-hybridized carbons (Fsp3) is 0.400. The molecule has 0 bridgehead atoms. The van der Waals surface area contributed by atoms with E-state index in [4.69, 9.17) is 0 Å². The Hall–Kier alpha value is -1.37. The van der Waals surface area contributed by atoms with Crippen LogP contribution >= 0.6 is 0 Å². The number of rotatable bonds is 6. The van der Waals surface area contributed by atoms with Gasteiger partial charge in [0, 0.05) is 0 Å². The van der Waals surface area contributed by atoms with Gasteiger partial charge >= 0.3 is 0 Å². The van der Waals surface area contributed by atoms with Crippen LogP contribution in [0.4, 0.5) is 0 Å². The SMILES string of the molecule is CCCCCC(=C(C)C=O)c1ccccc1. The molecular formula is C15H20O. The van der Waals surface area contributed by atoms with E-state index in [0.717, 1.165) is 24.7 Å². The van der Waals surface area contributed by atoms with Crippen LogP contribution in [-0.4, -0.2) is 6.29 Å². The molecule has 0 heterocycles. The Morgan fingerprint density at radius 2 is 1.88 bits per heavy atom. The van der Waals surface area contributed by atoms with Crippen molar-refractivity contribution in [3.63, 3.8) is 0 Å². The summed E-state index contributed by atoms with van der Waals surface area (Å²) >= 11 is 0. The van der Waals surface area contributed by atoms with Gasteiger partial charge in [-0.15, -0.1) is 0 Å². The maximum Gasteiger partial charge on any atom is 0.146 e. The first kappa shape index (κ1) is 12.7. The minimum Gasteiger partial charge on any atom is -0.298 e. The summed E-state index contributed by atoms with van der Waals surface area (Å²) in [5.74, 6) is 0. The standard InChI is InChI=1S/C15H20O/c1-3-4-6-11-15(13(2)12-16)14-9-7-5-8-10-14/h5,7-10,12H,3-4,6,11H2,1-2H3. The molecule has 1 aromatic rings. The molecule has 0 aliphatic carbocycles. The van der Waals surface area contributed by atoms with E-state index in [1.807, 2.05) is 25.1 Å². The Bertz CT molecular complexity index is 349. The third kappa shape index (κ3) is 3.65. The van der Waals surface area contributed by atoms with Crippen molar-refractivity contribution in [3.8, 4) is 0 Å². The van der Waals surface area contributed by atoms with Gasteiger partial charge in [0.05, 0.1) is 0 Å². The van der Waals surface area contributed by atoms with Crippen LogP contribution in [-0.2, 0) is 4.79 Å². The first-order chi connectivity index (χ1) is 7.79. The van der Waals surface area contributed by atoms with Crippen molar-refractivity contribution in [1.82, 2.24) is 0 Å². The zero-order chi connectivity index (χ0) is 11.8. The zero-order valence-electron chi connectivity index (χ0n) is 10.2. The highest BCUT2D eigenvalue weighted by atomic mass is 16.1. The monoisotopic (exact) mass is 216 g/mol. The van der Waals surface area contributed by atoms with Gasteiger partial charge in [-0.2, -0.15) is 0 Å². The Morgan fingerprint density at radius 3 is 2.44 bits per heavy atom. The summed E-state index contributed by atoms with van der Waals surface area (Å²) in [6.07, 6.45) is 5.56. The van der Waals surface area contributed by atoms with Crippen LogP contribution in [0.1, 0.15) is 45.1 Å². The molecule has 0 atom stereocenters. The van der Waals surface area contributed by atoms with Crippen LogP contribution < -0.4 is 0 Å². The molecule has 0 saturated carbocycles. The number of carbonyl (C=O) groups is 1. The Morgan fingerprint density at radius 1 is 1.19 bits per heavy atom. The molecule has 0 N–H and O–H groups in total. The molecule has 0 saturated heterocycles. The largest absolute Gasteiger partial charge is 0.298 e. The molecule has 0 aromatic heterocycles. The smallest absolute Gasteiger partial charge is 0.146 e. The molecule has 0 aliphatic rings. The van der Waals surface area contributed by atoms with Gasteiger partial charge < -0.3 is 0 Å². The number of hydrogen-bond acceptors (Lipinski definition) is 1. The van der Waals surface area contributed by atoms with Crippen molar-refractivity contribution in [2.75, 3.05) is 0 Å². The summed E-state index contributed by atoms with van der Waals surface area (Å²) in [6.45, 7) is 4.10. The van der Waals surface area contributed by atoms with Gasteiger partial charge in [-0.05, 0) is 36.5 Å². The lowest BCUT2D eigenvalue weighted by molar-refractivity contribution is -0.104. The van der Waals surface area contributed by atoms with Crippen LogP contribution in [0.5, 0.6) is 0 Å². The van der Waals surface area contributed by atoms with Crippen molar-refractivity contribution in [3.05, 3.63) is 41.5 Å². The lowest BCUT2D eigenvalue weighted by atomic mass is 9.96. The van der Waals surface area contributed by atoms with E-state index in [9.17, 15) is 4.79 Å². The maximum atomic E-state index is 10.9. The third-order valence-electron chi connectivity index (χ3n) is 2.81. The molecule has 0 fully saturated rings. The van der Waals surface area contributed by atoms with Crippen molar-refractivity contribution in [1.29, 1.82) is 0 Å². The molecule has 0 spiro atoms. The maximum absolute atomic E-state index is 10.9. The molecule has 86 valence electrons. The molecule has 1 nitrogen and oxygen atoms in total. The van der Waals surface area contributed by atoms with Gasteiger partial charge in [-0.1, -0.05) is 50.1 Å². The summed E-state index contributed by atoms with van der Waals surface area (Å²) in [5, 5.41) is 0. The van der Waals surface area contributed by atoms with Gasteiger partial charge in [-0.3, -0.25) is 4.79 Å². The molecule has 16 heavy (non-hydrogen) atoms. The molecule has 1 rings (SSSR count). The van der Waals surface area contributed by atoms with E-state index in [0.29, 0.717) is 0 Å². The first-order valence-corrected chi connectivity index (χ1v) is 6.00. The summed E-state index contributed by atoms with van der Waals surface area (Å²) in [5.41, 5.74) is 3.24. The van der Waals surface area contributed by atoms with Crippen LogP contribution in [0.25, 0.3) is 5.57 Å². The molecule has 0 unspecified atom stereocenters. The fourth-order valence-corrected chi connectivity index (χ4v) is 1.83. The van der Waals surface area contributed by atoms with E-state index in [1.165, 1.54) is 24.0 Å². The summed E-state index contributed by atoms with van der Waals surface area (Å²) in [4.78, 5) is 10.9. The van der Waals surface area contributed by atoms with E-state index < -0.39 is 0 Å². The number of allylic oxidation sites excluding steroid dienone is 2. The number of unbranched alkanes of at least 4 members (excludes halogenated alkanes) is 2. The molecule has 0 aliphatic heterocycles. The number of benzene rings is 1. The second-order valence-electron chi connectivity index (χ2n) is 4.10. The summed E-state index contributed by atoms with van der Waals surface area (Å²) in [6, 6.07) is 10.2. The summed E-state index contributed by atoms with van der Waals surface area (Å²) < 4.78 is 0. The fourth-order valence-electron chi connectivity index (χ4n) is 1.83. The van der Waals surface area contributed by atoms with Crippen LogP contribution in [0, 0.1) is 0 Å². The van der Waals surface area contributed by atoms with E-state index in [-0.39, 0.29) is 0 Å². The van der Waals surface area contributed by atoms with Gasteiger partial charge in [-0.25, -0.2) is 0 Å². The highest BCUT2D eigenvalue weighted by Gasteiger charge is 2.04. The third-order valence-corrected chi connectivity index (χ3v) is 2.81. The quantitative estimate of drug-likeness (QED) is 0.395. The Balaban J connectivity index is 2.85. The second-order valence-corrected chi connectivity index (χ2v) is 4.10. The van der Waals surface area contributed by atoms with Gasteiger partial charge in [0.2, 0.25) is 0 Å².